The quantitative estimate of drug-likeness (QED) is 0.805. The molecule has 0 heterocycles. The molecule has 0 saturated heterocycles. The van der Waals surface area contributed by atoms with Crippen LogP contribution in [0.2, 0.25) is 0 Å². The Morgan fingerprint density at radius 2 is 1.71 bits per heavy atom. The summed E-state index contributed by atoms with van der Waals surface area (Å²) in [5, 5.41) is 10.7. The Morgan fingerprint density at radius 1 is 0.952 bits per heavy atom. The standard InChI is InChI=1S/C20H24O/c21-20-18(13-6-10-16-8-2-1-3-9-16)14-7-12-17-11-4-5-15-19(17)20/h1-5,8-9,11,15,18,20-21H,6-7,10,12-14H2. The average molecular weight is 280 g/mol. The number of aryl methyl sites for hydroxylation is 2. The molecule has 2 aromatic carbocycles. The molecule has 1 aliphatic carbocycles. The van der Waals surface area contributed by atoms with E-state index in [1.807, 2.05) is 0 Å². The average Bonchev–Trinajstić information content (AvgIpc) is 2.69. The van der Waals surface area contributed by atoms with Gasteiger partial charge in [0.25, 0.3) is 0 Å². The fourth-order valence-corrected chi connectivity index (χ4v) is 3.53. The highest BCUT2D eigenvalue weighted by Crippen LogP contribution is 2.35. The van der Waals surface area contributed by atoms with E-state index in [9.17, 15) is 5.11 Å². The Labute approximate surface area is 127 Å². The third kappa shape index (κ3) is 3.54. The van der Waals surface area contributed by atoms with E-state index >= 15 is 0 Å². The minimum absolute atomic E-state index is 0.278. The smallest absolute Gasteiger partial charge is 0.0820 e. The van der Waals surface area contributed by atoms with Gasteiger partial charge >= 0.3 is 0 Å². The molecule has 2 atom stereocenters. The minimum Gasteiger partial charge on any atom is -0.388 e. The lowest BCUT2D eigenvalue weighted by Crippen LogP contribution is -2.12. The largest absolute Gasteiger partial charge is 0.388 e. The van der Waals surface area contributed by atoms with Crippen molar-refractivity contribution in [1.29, 1.82) is 0 Å². The predicted molar refractivity (Wildman–Crippen MR) is 87.2 cm³/mol. The van der Waals surface area contributed by atoms with Gasteiger partial charge in [-0.15, -0.1) is 0 Å². The highest BCUT2D eigenvalue weighted by molar-refractivity contribution is 5.30. The lowest BCUT2D eigenvalue weighted by atomic mass is 9.88. The van der Waals surface area contributed by atoms with Crippen LogP contribution in [0.5, 0.6) is 0 Å². The van der Waals surface area contributed by atoms with E-state index in [2.05, 4.69) is 54.6 Å². The van der Waals surface area contributed by atoms with Gasteiger partial charge < -0.3 is 5.11 Å². The van der Waals surface area contributed by atoms with Crippen LogP contribution in [-0.2, 0) is 12.8 Å². The molecule has 3 rings (SSSR count). The van der Waals surface area contributed by atoms with Gasteiger partial charge in [-0.1, -0.05) is 54.6 Å². The zero-order valence-electron chi connectivity index (χ0n) is 12.5. The van der Waals surface area contributed by atoms with Gasteiger partial charge in [0.15, 0.2) is 0 Å². The molecule has 0 aliphatic heterocycles. The summed E-state index contributed by atoms with van der Waals surface area (Å²) >= 11 is 0. The number of fused-ring (bicyclic) bond motifs is 1. The SMILES string of the molecule is OC1c2ccccc2CCCC1CCCc1ccccc1. The van der Waals surface area contributed by atoms with Crippen molar-refractivity contribution in [2.75, 3.05) is 0 Å². The van der Waals surface area contributed by atoms with Crippen molar-refractivity contribution in [3.05, 3.63) is 71.3 Å². The summed E-state index contributed by atoms with van der Waals surface area (Å²) in [4.78, 5) is 0. The van der Waals surface area contributed by atoms with Crippen LogP contribution in [0.25, 0.3) is 0 Å². The summed E-state index contributed by atoms with van der Waals surface area (Å²) in [7, 11) is 0. The molecule has 0 aromatic heterocycles. The van der Waals surface area contributed by atoms with Gasteiger partial charge in [-0.2, -0.15) is 0 Å². The molecule has 0 bridgehead atoms. The number of aliphatic hydroxyl groups is 1. The summed E-state index contributed by atoms with van der Waals surface area (Å²) in [5.41, 5.74) is 3.91. The van der Waals surface area contributed by atoms with Crippen LogP contribution in [0.4, 0.5) is 0 Å². The molecular weight excluding hydrogens is 256 g/mol. The van der Waals surface area contributed by atoms with E-state index in [1.54, 1.807) is 0 Å². The van der Waals surface area contributed by atoms with E-state index in [-0.39, 0.29) is 6.10 Å². The summed E-state index contributed by atoms with van der Waals surface area (Å²) in [5.74, 6) is 0.414. The molecule has 2 aromatic rings. The maximum absolute atomic E-state index is 10.7. The van der Waals surface area contributed by atoms with E-state index in [0.29, 0.717) is 5.92 Å². The molecule has 0 fully saturated rings. The molecule has 0 amide bonds. The van der Waals surface area contributed by atoms with E-state index in [4.69, 9.17) is 0 Å². The van der Waals surface area contributed by atoms with E-state index < -0.39 is 0 Å². The van der Waals surface area contributed by atoms with Crippen molar-refractivity contribution in [2.24, 2.45) is 5.92 Å². The maximum atomic E-state index is 10.7. The third-order valence-corrected chi connectivity index (χ3v) is 4.72. The van der Waals surface area contributed by atoms with Gasteiger partial charge in [-0.3, -0.25) is 0 Å². The second-order valence-corrected chi connectivity index (χ2v) is 6.17. The first kappa shape index (κ1) is 14.3. The summed E-state index contributed by atoms with van der Waals surface area (Å²) in [6.45, 7) is 0. The van der Waals surface area contributed by atoms with Gasteiger partial charge in [-0.05, 0) is 61.1 Å². The Kier molecular flexibility index (Phi) is 4.72. The molecule has 0 saturated carbocycles. The number of rotatable bonds is 4. The Hall–Kier alpha value is -1.60. The van der Waals surface area contributed by atoms with Crippen molar-refractivity contribution in [1.82, 2.24) is 0 Å². The van der Waals surface area contributed by atoms with Gasteiger partial charge in [0, 0.05) is 0 Å². The maximum Gasteiger partial charge on any atom is 0.0820 e. The first-order valence-electron chi connectivity index (χ1n) is 8.14. The monoisotopic (exact) mass is 280 g/mol. The fourth-order valence-electron chi connectivity index (χ4n) is 3.53. The highest BCUT2D eigenvalue weighted by atomic mass is 16.3. The van der Waals surface area contributed by atoms with Crippen LogP contribution >= 0.6 is 0 Å². The fraction of sp³-hybridized carbons (Fsp3) is 0.400. The van der Waals surface area contributed by atoms with Gasteiger partial charge in [0.05, 0.1) is 6.10 Å². The highest BCUT2D eigenvalue weighted by Gasteiger charge is 2.25. The van der Waals surface area contributed by atoms with Crippen LogP contribution in [0.3, 0.4) is 0 Å². The summed E-state index contributed by atoms with van der Waals surface area (Å²) in [6.07, 6.45) is 6.57. The van der Waals surface area contributed by atoms with Crippen molar-refractivity contribution >= 4 is 0 Å². The van der Waals surface area contributed by atoms with Crippen LogP contribution in [0, 0.1) is 5.92 Å². The first-order valence-corrected chi connectivity index (χ1v) is 8.14. The van der Waals surface area contributed by atoms with Gasteiger partial charge in [0.1, 0.15) is 0 Å². The minimum atomic E-state index is -0.278. The van der Waals surface area contributed by atoms with E-state index in [0.717, 1.165) is 32.1 Å². The second-order valence-electron chi connectivity index (χ2n) is 6.17. The number of hydrogen-bond acceptors (Lipinski definition) is 1. The summed E-state index contributed by atoms with van der Waals surface area (Å²) < 4.78 is 0. The van der Waals surface area contributed by atoms with Crippen molar-refractivity contribution in [3.63, 3.8) is 0 Å². The molecule has 1 nitrogen and oxygen atoms in total. The first-order chi connectivity index (χ1) is 10.3. The van der Waals surface area contributed by atoms with E-state index in [1.165, 1.54) is 23.1 Å². The predicted octanol–water partition coefficient (Wildman–Crippen LogP) is 4.70. The van der Waals surface area contributed by atoms with Gasteiger partial charge in [-0.25, -0.2) is 0 Å². The van der Waals surface area contributed by atoms with Crippen molar-refractivity contribution in [3.8, 4) is 0 Å². The molecule has 0 radical (unpaired) electrons. The third-order valence-electron chi connectivity index (χ3n) is 4.72. The molecule has 1 N–H and O–H groups in total. The Morgan fingerprint density at radius 3 is 2.57 bits per heavy atom. The van der Waals surface area contributed by atoms with Gasteiger partial charge in [0.2, 0.25) is 0 Å². The normalized spacial score (nSPS) is 21.6. The van der Waals surface area contributed by atoms with Crippen LogP contribution < -0.4 is 0 Å². The van der Waals surface area contributed by atoms with Crippen LogP contribution in [0.15, 0.2) is 54.6 Å². The molecule has 0 spiro atoms. The molecule has 1 aliphatic rings. The molecule has 110 valence electrons. The van der Waals surface area contributed by atoms with Crippen molar-refractivity contribution in [2.45, 2.75) is 44.6 Å². The molecular formula is C20H24O. The molecule has 21 heavy (non-hydrogen) atoms. The zero-order chi connectivity index (χ0) is 14.5. The summed E-state index contributed by atoms with van der Waals surface area (Å²) in [6, 6.07) is 19.1. The van der Waals surface area contributed by atoms with Crippen molar-refractivity contribution < 1.29 is 5.11 Å². The Bertz CT molecular complexity index is 561. The van der Waals surface area contributed by atoms with Crippen LogP contribution in [-0.4, -0.2) is 5.11 Å². The number of aliphatic hydroxyl groups excluding tert-OH is 1. The molecule has 2 unspecified atom stereocenters. The Balaban J connectivity index is 1.61. The number of benzene rings is 2. The second kappa shape index (κ2) is 6.91. The van der Waals surface area contributed by atoms with Crippen LogP contribution in [0.1, 0.15) is 48.5 Å². The lowest BCUT2D eigenvalue weighted by molar-refractivity contribution is 0.0985. The molecule has 1 heteroatoms. The topological polar surface area (TPSA) is 20.2 Å². The lowest BCUT2D eigenvalue weighted by Gasteiger charge is -2.22. The number of hydrogen-bond donors (Lipinski definition) is 1. The zero-order valence-corrected chi connectivity index (χ0v) is 12.5.